The van der Waals surface area contributed by atoms with Gasteiger partial charge in [-0.2, -0.15) is 5.10 Å². The lowest BCUT2D eigenvalue weighted by atomic mass is 10.1. The lowest BCUT2D eigenvalue weighted by molar-refractivity contribution is 0.0935. The second kappa shape index (κ2) is 4.75. The Bertz CT molecular complexity index is 594. The van der Waals surface area contributed by atoms with Crippen molar-refractivity contribution in [2.24, 2.45) is 7.05 Å². The molecule has 0 saturated carbocycles. The minimum absolute atomic E-state index is 0.222. The van der Waals surface area contributed by atoms with Gasteiger partial charge in [-0.1, -0.05) is 5.16 Å². The highest BCUT2D eigenvalue weighted by Gasteiger charge is 2.21. The van der Waals surface area contributed by atoms with E-state index in [9.17, 15) is 4.79 Å². The number of anilines is 1. The molecule has 0 radical (unpaired) electrons. The molecule has 0 aliphatic carbocycles. The Balaban J connectivity index is 2.18. The molecule has 0 bridgehead atoms. The van der Waals surface area contributed by atoms with Crippen LogP contribution in [-0.4, -0.2) is 20.8 Å². The standard InChI is InChI=1S/C12H17N5O2/c1-6(10-7(2)16-19-8(10)3)14-12(18)11-9(13)5-17(4)15-11/h5-6H,13H2,1-4H3,(H,14,18). The number of hydrogen-bond donors (Lipinski definition) is 2. The van der Waals surface area contributed by atoms with Crippen LogP contribution in [0.1, 0.15) is 40.5 Å². The molecule has 7 heteroatoms. The lowest BCUT2D eigenvalue weighted by Crippen LogP contribution is -2.28. The van der Waals surface area contributed by atoms with E-state index in [4.69, 9.17) is 10.3 Å². The Hall–Kier alpha value is -2.31. The van der Waals surface area contributed by atoms with Crippen molar-refractivity contribution in [1.82, 2.24) is 20.3 Å². The highest BCUT2D eigenvalue weighted by atomic mass is 16.5. The summed E-state index contributed by atoms with van der Waals surface area (Å²) < 4.78 is 6.59. The van der Waals surface area contributed by atoms with Crippen LogP contribution in [-0.2, 0) is 7.05 Å². The van der Waals surface area contributed by atoms with E-state index in [-0.39, 0.29) is 17.6 Å². The topological polar surface area (TPSA) is 99.0 Å². The van der Waals surface area contributed by atoms with Gasteiger partial charge in [0.1, 0.15) is 5.76 Å². The van der Waals surface area contributed by atoms with Crippen molar-refractivity contribution in [2.45, 2.75) is 26.8 Å². The van der Waals surface area contributed by atoms with Crippen molar-refractivity contribution in [1.29, 1.82) is 0 Å². The summed E-state index contributed by atoms with van der Waals surface area (Å²) in [4.78, 5) is 12.1. The first-order chi connectivity index (χ1) is 8.90. The molecule has 102 valence electrons. The Morgan fingerprint density at radius 3 is 2.68 bits per heavy atom. The van der Waals surface area contributed by atoms with Crippen LogP contribution in [0, 0.1) is 13.8 Å². The summed E-state index contributed by atoms with van der Waals surface area (Å²) in [5.74, 6) is 0.380. The number of amides is 1. The monoisotopic (exact) mass is 263 g/mol. The van der Waals surface area contributed by atoms with Gasteiger partial charge in [0.2, 0.25) is 0 Å². The highest BCUT2D eigenvalue weighted by Crippen LogP contribution is 2.21. The van der Waals surface area contributed by atoms with Gasteiger partial charge in [0, 0.05) is 18.8 Å². The van der Waals surface area contributed by atoms with Crippen molar-refractivity contribution in [3.05, 3.63) is 28.9 Å². The number of nitrogens with zero attached hydrogens (tertiary/aromatic N) is 3. The van der Waals surface area contributed by atoms with E-state index in [0.29, 0.717) is 11.4 Å². The molecule has 0 fully saturated rings. The third-order valence-corrected chi connectivity index (χ3v) is 2.94. The molecule has 2 heterocycles. The minimum Gasteiger partial charge on any atom is -0.396 e. The molecular weight excluding hydrogens is 246 g/mol. The van der Waals surface area contributed by atoms with Gasteiger partial charge in [0.25, 0.3) is 5.91 Å². The quantitative estimate of drug-likeness (QED) is 0.863. The molecule has 0 aliphatic heterocycles. The van der Waals surface area contributed by atoms with Crippen LogP contribution in [0.25, 0.3) is 0 Å². The van der Waals surface area contributed by atoms with Crippen LogP contribution in [0.3, 0.4) is 0 Å². The number of nitrogens with one attached hydrogen (secondary N) is 1. The maximum atomic E-state index is 12.1. The van der Waals surface area contributed by atoms with E-state index >= 15 is 0 Å². The summed E-state index contributed by atoms with van der Waals surface area (Å²) in [6, 6.07) is -0.222. The molecule has 2 rings (SSSR count). The van der Waals surface area contributed by atoms with Gasteiger partial charge in [-0.3, -0.25) is 9.48 Å². The molecule has 7 nitrogen and oxygen atoms in total. The molecule has 0 aliphatic rings. The van der Waals surface area contributed by atoms with Crippen LogP contribution in [0.4, 0.5) is 5.69 Å². The summed E-state index contributed by atoms with van der Waals surface area (Å²) in [6.07, 6.45) is 1.59. The number of nitrogen functional groups attached to an aromatic ring is 1. The summed E-state index contributed by atoms with van der Waals surface area (Å²) in [6.45, 7) is 5.51. The van der Waals surface area contributed by atoms with E-state index in [1.165, 1.54) is 4.68 Å². The van der Waals surface area contributed by atoms with Crippen LogP contribution in [0.15, 0.2) is 10.7 Å². The Morgan fingerprint density at radius 2 is 2.21 bits per heavy atom. The largest absolute Gasteiger partial charge is 0.396 e. The fourth-order valence-electron chi connectivity index (χ4n) is 2.13. The average Bonchev–Trinajstić information content (AvgIpc) is 2.81. The van der Waals surface area contributed by atoms with Crippen molar-refractivity contribution in [2.75, 3.05) is 5.73 Å². The van der Waals surface area contributed by atoms with E-state index in [2.05, 4.69) is 15.6 Å². The second-order valence-electron chi connectivity index (χ2n) is 4.54. The van der Waals surface area contributed by atoms with E-state index in [0.717, 1.165) is 11.3 Å². The predicted molar refractivity (Wildman–Crippen MR) is 69.5 cm³/mol. The van der Waals surface area contributed by atoms with Gasteiger partial charge in [-0.15, -0.1) is 0 Å². The maximum absolute atomic E-state index is 12.1. The molecule has 3 N–H and O–H groups in total. The summed E-state index contributed by atoms with van der Waals surface area (Å²) >= 11 is 0. The smallest absolute Gasteiger partial charge is 0.274 e. The third-order valence-electron chi connectivity index (χ3n) is 2.94. The predicted octanol–water partition coefficient (Wildman–Crippen LogP) is 1.10. The molecular formula is C12H17N5O2. The zero-order valence-electron chi connectivity index (χ0n) is 11.4. The number of carbonyl (C=O) groups is 1. The lowest BCUT2D eigenvalue weighted by Gasteiger charge is -2.12. The number of aromatic nitrogens is 3. The van der Waals surface area contributed by atoms with Crippen LogP contribution < -0.4 is 11.1 Å². The number of hydrogen-bond acceptors (Lipinski definition) is 5. The second-order valence-corrected chi connectivity index (χ2v) is 4.54. The normalized spacial score (nSPS) is 12.4. The number of carbonyl (C=O) groups excluding carboxylic acids is 1. The number of nitrogens with two attached hydrogens (primary N) is 1. The third kappa shape index (κ3) is 2.44. The molecule has 1 atom stereocenters. The fourth-order valence-corrected chi connectivity index (χ4v) is 2.13. The van der Waals surface area contributed by atoms with E-state index < -0.39 is 0 Å². The van der Waals surface area contributed by atoms with E-state index in [1.54, 1.807) is 13.2 Å². The van der Waals surface area contributed by atoms with Crippen LogP contribution >= 0.6 is 0 Å². The van der Waals surface area contributed by atoms with Crippen molar-refractivity contribution < 1.29 is 9.32 Å². The van der Waals surface area contributed by atoms with Gasteiger partial charge in [0.05, 0.1) is 17.4 Å². The number of aryl methyl sites for hydroxylation is 3. The Kier molecular flexibility index (Phi) is 3.28. The molecule has 1 unspecified atom stereocenters. The summed E-state index contributed by atoms with van der Waals surface area (Å²) in [7, 11) is 1.71. The average molecular weight is 263 g/mol. The molecule has 1 amide bonds. The Morgan fingerprint density at radius 1 is 1.53 bits per heavy atom. The van der Waals surface area contributed by atoms with E-state index in [1.807, 2.05) is 20.8 Å². The van der Waals surface area contributed by atoms with Gasteiger partial charge in [-0.05, 0) is 20.8 Å². The summed E-state index contributed by atoms with van der Waals surface area (Å²) in [5.41, 5.74) is 7.94. The van der Waals surface area contributed by atoms with Crippen molar-refractivity contribution >= 4 is 11.6 Å². The fraction of sp³-hybridized carbons (Fsp3) is 0.417. The highest BCUT2D eigenvalue weighted by molar-refractivity contribution is 5.97. The molecule has 0 spiro atoms. The first-order valence-electron chi connectivity index (χ1n) is 5.93. The zero-order chi connectivity index (χ0) is 14.2. The Labute approximate surface area is 110 Å². The first-order valence-corrected chi connectivity index (χ1v) is 5.93. The van der Waals surface area contributed by atoms with Crippen LogP contribution in [0.5, 0.6) is 0 Å². The van der Waals surface area contributed by atoms with Gasteiger partial charge >= 0.3 is 0 Å². The molecule has 19 heavy (non-hydrogen) atoms. The summed E-state index contributed by atoms with van der Waals surface area (Å²) in [5, 5.41) is 10.7. The zero-order valence-corrected chi connectivity index (χ0v) is 11.4. The maximum Gasteiger partial charge on any atom is 0.274 e. The molecule has 0 saturated heterocycles. The van der Waals surface area contributed by atoms with Gasteiger partial charge < -0.3 is 15.6 Å². The minimum atomic E-state index is -0.314. The van der Waals surface area contributed by atoms with Crippen LogP contribution in [0.2, 0.25) is 0 Å². The SMILES string of the molecule is Cc1noc(C)c1C(C)NC(=O)c1nn(C)cc1N. The van der Waals surface area contributed by atoms with Crippen molar-refractivity contribution in [3.63, 3.8) is 0 Å². The number of rotatable bonds is 3. The first kappa shape index (κ1) is 13.1. The molecule has 2 aromatic heterocycles. The van der Waals surface area contributed by atoms with Crippen molar-refractivity contribution in [3.8, 4) is 0 Å². The van der Waals surface area contributed by atoms with Gasteiger partial charge in [0.15, 0.2) is 5.69 Å². The molecule has 0 aromatic carbocycles. The van der Waals surface area contributed by atoms with Gasteiger partial charge in [-0.25, -0.2) is 0 Å². The molecule has 2 aromatic rings.